The average molecular weight is 384 g/mol. The van der Waals surface area contributed by atoms with Crippen molar-refractivity contribution in [1.29, 1.82) is 0 Å². The van der Waals surface area contributed by atoms with E-state index in [1.807, 2.05) is 0 Å². The van der Waals surface area contributed by atoms with Gasteiger partial charge >= 0.3 is 5.97 Å². The molecule has 0 saturated heterocycles. The van der Waals surface area contributed by atoms with E-state index in [4.69, 9.17) is 16.3 Å². The number of pyridine rings is 1. The second kappa shape index (κ2) is 7.38. The van der Waals surface area contributed by atoms with Gasteiger partial charge in [-0.05, 0) is 37.3 Å². The number of nitrogens with zero attached hydrogens (tertiary/aromatic N) is 1. The fourth-order valence-electron chi connectivity index (χ4n) is 1.58. The molecule has 1 amide bonds. The number of halogens is 2. The van der Waals surface area contributed by atoms with E-state index in [2.05, 4.69) is 26.2 Å². The third kappa shape index (κ3) is 4.54. The largest absolute Gasteiger partial charge is 0.449 e. The molecule has 0 fully saturated rings. The van der Waals surface area contributed by atoms with Crippen LogP contribution in [-0.2, 0) is 9.53 Å². The van der Waals surface area contributed by atoms with Gasteiger partial charge in [-0.1, -0.05) is 33.6 Å². The van der Waals surface area contributed by atoms with Crippen molar-refractivity contribution in [1.82, 2.24) is 4.98 Å². The quantitative estimate of drug-likeness (QED) is 0.818. The van der Waals surface area contributed by atoms with Gasteiger partial charge in [0.25, 0.3) is 5.91 Å². The molecule has 1 aromatic carbocycles. The van der Waals surface area contributed by atoms with Crippen LogP contribution in [0.25, 0.3) is 0 Å². The topological polar surface area (TPSA) is 68.3 Å². The number of aromatic nitrogens is 1. The van der Waals surface area contributed by atoms with Crippen molar-refractivity contribution in [3.63, 3.8) is 0 Å². The van der Waals surface area contributed by atoms with E-state index in [0.29, 0.717) is 16.4 Å². The second-order valence-corrected chi connectivity index (χ2v) is 5.76. The standard InChI is InChI=1S/C15H12BrClN2O3/c1-9(14(20)19-13-6-5-12(17)8-18-13)22-15(21)10-3-2-4-11(16)7-10/h2-9H,1H3,(H,18,19,20)/t9-/m1/s1. The zero-order valence-corrected chi connectivity index (χ0v) is 13.9. The maximum Gasteiger partial charge on any atom is 0.338 e. The van der Waals surface area contributed by atoms with Crippen LogP contribution >= 0.6 is 27.5 Å². The van der Waals surface area contributed by atoms with E-state index >= 15 is 0 Å². The predicted molar refractivity (Wildman–Crippen MR) is 86.9 cm³/mol. The molecule has 0 radical (unpaired) electrons. The number of carbonyl (C=O) groups excluding carboxylic acids is 2. The molecule has 0 unspecified atom stereocenters. The maximum atomic E-state index is 12.0. The van der Waals surface area contributed by atoms with Crippen molar-refractivity contribution in [3.8, 4) is 0 Å². The van der Waals surface area contributed by atoms with Gasteiger partial charge in [0.15, 0.2) is 6.10 Å². The van der Waals surface area contributed by atoms with E-state index in [9.17, 15) is 9.59 Å². The highest BCUT2D eigenvalue weighted by atomic mass is 79.9. The Labute approximate surface area is 140 Å². The first-order chi connectivity index (χ1) is 10.5. The number of amides is 1. The van der Waals surface area contributed by atoms with Gasteiger partial charge < -0.3 is 10.1 Å². The Balaban J connectivity index is 1.96. The lowest BCUT2D eigenvalue weighted by atomic mass is 10.2. The molecule has 0 bridgehead atoms. The monoisotopic (exact) mass is 382 g/mol. The van der Waals surface area contributed by atoms with Crippen molar-refractivity contribution in [2.45, 2.75) is 13.0 Å². The summed E-state index contributed by atoms with van der Waals surface area (Å²) in [6, 6.07) is 9.89. The molecule has 0 aliphatic heterocycles. The van der Waals surface area contributed by atoms with Crippen LogP contribution in [-0.4, -0.2) is 23.0 Å². The zero-order valence-electron chi connectivity index (χ0n) is 11.5. The number of hydrogen-bond donors (Lipinski definition) is 1. The molecule has 1 N–H and O–H groups in total. The molecule has 5 nitrogen and oxygen atoms in total. The van der Waals surface area contributed by atoms with Gasteiger partial charge in [0.05, 0.1) is 10.6 Å². The van der Waals surface area contributed by atoms with Crippen LogP contribution in [0.1, 0.15) is 17.3 Å². The molecule has 1 aromatic heterocycles. The molecule has 22 heavy (non-hydrogen) atoms. The summed E-state index contributed by atoms with van der Waals surface area (Å²) >= 11 is 8.98. The summed E-state index contributed by atoms with van der Waals surface area (Å²) in [5.41, 5.74) is 0.360. The summed E-state index contributed by atoms with van der Waals surface area (Å²) in [5, 5.41) is 3.01. The lowest BCUT2D eigenvalue weighted by Gasteiger charge is -2.13. The maximum absolute atomic E-state index is 12.0. The Kier molecular flexibility index (Phi) is 5.51. The van der Waals surface area contributed by atoms with Crippen LogP contribution in [0.15, 0.2) is 47.1 Å². The number of benzene rings is 1. The van der Waals surface area contributed by atoms with Crippen LogP contribution < -0.4 is 5.32 Å². The Morgan fingerprint density at radius 3 is 2.73 bits per heavy atom. The Morgan fingerprint density at radius 2 is 2.09 bits per heavy atom. The fourth-order valence-corrected chi connectivity index (χ4v) is 2.09. The van der Waals surface area contributed by atoms with Crippen LogP contribution in [0.4, 0.5) is 5.82 Å². The summed E-state index contributed by atoms with van der Waals surface area (Å²) in [5.74, 6) is -0.717. The first-order valence-electron chi connectivity index (χ1n) is 6.34. The van der Waals surface area contributed by atoms with Gasteiger partial charge in [0.2, 0.25) is 0 Å². The second-order valence-electron chi connectivity index (χ2n) is 4.41. The number of esters is 1. The molecule has 114 valence electrons. The van der Waals surface area contributed by atoms with Gasteiger partial charge in [-0.2, -0.15) is 0 Å². The van der Waals surface area contributed by atoms with E-state index in [0.717, 1.165) is 4.47 Å². The lowest BCUT2D eigenvalue weighted by Crippen LogP contribution is -2.30. The summed E-state index contributed by atoms with van der Waals surface area (Å²) in [6.07, 6.45) is 0.457. The fraction of sp³-hybridized carbons (Fsp3) is 0.133. The van der Waals surface area contributed by atoms with Crippen LogP contribution in [0.5, 0.6) is 0 Å². The molecule has 2 rings (SSSR count). The third-order valence-electron chi connectivity index (χ3n) is 2.69. The number of carbonyl (C=O) groups is 2. The SMILES string of the molecule is C[C@@H](OC(=O)c1cccc(Br)c1)C(=O)Nc1ccc(Cl)cn1. The molecule has 1 heterocycles. The molecule has 0 aliphatic rings. The molecule has 0 aliphatic carbocycles. The van der Waals surface area contributed by atoms with Crippen LogP contribution in [0.2, 0.25) is 5.02 Å². The molecular weight excluding hydrogens is 372 g/mol. The van der Waals surface area contributed by atoms with Crippen molar-refractivity contribution >= 4 is 45.2 Å². The summed E-state index contributed by atoms with van der Waals surface area (Å²) in [7, 11) is 0. The van der Waals surface area contributed by atoms with Crippen molar-refractivity contribution in [2.75, 3.05) is 5.32 Å². The molecule has 7 heteroatoms. The van der Waals surface area contributed by atoms with Gasteiger partial charge in [-0.3, -0.25) is 4.79 Å². The Morgan fingerprint density at radius 1 is 1.32 bits per heavy atom. The van der Waals surface area contributed by atoms with Crippen molar-refractivity contribution < 1.29 is 14.3 Å². The van der Waals surface area contributed by atoms with Crippen LogP contribution in [0, 0.1) is 0 Å². The molecular formula is C15H12BrClN2O3. The normalized spacial score (nSPS) is 11.6. The van der Waals surface area contributed by atoms with Gasteiger partial charge in [-0.15, -0.1) is 0 Å². The Hall–Kier alpha value is -1.92. The minimum Gasteiger partial charge on any atom is -0.449 e. The zero-order chi connectivity index (χ0) is 16.1. The third-order valence-corrected chi connectivity index (χ3v) is 3.41. The highest BCUT2D eigenvalue weighted by Gasteiger charge is 2.19. The van der Waals surface area contributed by atoms with E-state index in [-0.39, 0.29) is 0 Å². The van der Waals surface area contributed by atoms with E-state index < -0.39 is 18.0 Å². The minimum atomic E-state index is -0.955. The van der Waals surface area contributed by atoms with E-state index in [1.165, 1.54) is 13.1 Å². The number of anilines is 1. The highest BCUT2D eigenvalue weighted by molar-refractivity contribution is 9.10. The number of nitrogens with one attached hydrogen (secondary N) is 1. The number of hydrogen-bond acceptors (Lipinski definition) is 4. The summed E-state index contributed by atoms with van der Waals surface area (Å²) < 4.78 is 5.88. The highest BCUT2D eigenvalue weighted by Crippen LogP contribution is 2.14. The number of rotatable bonds is 4. The van der Waals surface area contributed by atoms with Gasteiger partial charge in [-0.25, -0.2) is 9.78 Å². The van der Waals surface area contributed by atoms with Gasteiger partial charge in [0.1, 0.15) is 5.82 Å². The lowest BCUT2D eigenvalue weighted by molar-refractivity contribution is -0.123. The number of ether oxygens (including phenoxy) is 1. The van der Waals surface area contributed by atoms with Gasteiger partial charge in [0, 0.05) is 10.7 Å². The Bertz CT molecular complexity index is 691. The summed E-state index contributed by atoms with van der Waals surface area (Å²) in [4.78, 5) is 27.9. The molecule has 2 aromatic rings. The van der Waals surface area contributed by atoms with Crippen molar-refractivity contribution in [3.05, 3.63) is 57.7 Å². The first kappa shape index (κ1) is 16.5. The summed E-state index contributed by atoms with van der Waals surface area (Å²) in [6.45, 7) is 1.49. The smallest absolute Gasteiger partial charge is 0.338 e. The minimum absolute atomic E-state index is 0.333. The molecule has 0 spiro atoms. The van der Waals surface area contributed by atoms with Crippen LogP contribution in [0.3, 0.4) is 0 Å². The van der Waals surface area contributed by atoms with E-state index in [1.54, 1.807) is 36.4 Å². The van der Waals surface area contributed by atoms with Crippen molar-refractivity contribution in [2.24, 2.45) is 0 Å². The molecule has 0 saturated carbocycles. The molecule has 1 atom stereocenters. The average Bonchev–Trinajstić information content (AvgIpc) is 2.49. The first-order valence-corrected chi connectivity index (χ1v) is 7.52. The predicted octanol–water partition coefficient (Wildman–Crippen LogP) is 3.68.